The van der Waals surface area contributed by atoms with Gasteiger partial charge in [-0.1, -0.05) is 12.1 Å². The van der Waals surface area contributed by atoms with Crippen LogP contribution in [0.4, 0.5) is 0 Å². The van der Waals surface area contributed by atoms with Crippen LogP contribution in [0.15, 0.2) is 30.5 Å². The second-order valence-corrected chi connectivity index (χ2v) is 5.11. The first-order valence-corrected chi connectivity index (χ1v) is 6.87. The number of nitrogens with two attached hydrogens (primary N) is 1. The summed E-state index contributed by atoms with van der Waals surface area (Å²) in [4.78, 5) is 2.55. The summed E-state index contributed by atoms with van der Waals surface area (Å²) in [5.41, 5.74) is 8.34. The summed E-state index contributed by atoms with van der Waals surface area (Å²) in [6.45, 7) is 5.40. The van der Waals surface area contributed by atoms with Gasteiger partial charge in [-0.2, -0.15) is 0 Å². The second-order valence-electron chi connectivity index (χ2n) is 5.11. The lowest BCUT2D eigenvalue weighted by Crippen LogP contribution is -2.23. The first-order valence-electron chi connectivity index (χ1n) is 6.87. The highest BCUT2D eigenvalue weighted by Crippen LogP contribution is 2.20. The standard InChI is InChI=1S/C15H21N3/c16-12-13-4-3-5-15-14(13)6-9-18(15)11-10-17-7-1-2-8-17/h3-6,9H,1-2,7-8,10-12,16H2. The maximum Gasteiger partial charge on any atom is 0.0483 e. The van der Waals surface area contributed by atoms with Gasteiger partial charge in [0.15, 0.2) is 0 Å². The van der Waals surface area contributed by atoms with Crippen LogP contribution in [-0.2, 0) is 13.1 Å². The molecule has 1 aliphatic heterocycles. The molecule has 96 valence electrons. The summed E-state index contributed by atoms with van der Waals surface area (Å²) in [7, 11) is 0. The highest BCUT2D eigenvalue weighted by atomic mass is 15.2. The molecular weight excluding hydrogens is 222 g/mol. The third-order valence-corrected chi connectivity index (χ3v) is 3.98. The highest BCUT2D eigenvalue weighted by molar-refractivity contribution is 5.83. The van der Waals surface area contributed by atoms with Crippen molar-refractivity contribution in [2.45, 2.75) is 25.9 Å². The van der Waals surface area contributed by atoms with Crippen molar-refractivity contribution in [3.8, 4) is 0 Å². The van der Waals surface area contributed by atoms with Crippen LogP contribution in [0.3, 0.4) is 0 Å². The topological polar surface area (TPSA) is 34.2 Å². The van der Waals surface area contributed by atoms with E-state index < -0.39 is 0 Å². The van der Waals surface area contributed by atoms with E-state index in [0.29, 0.717) is 6.54 Å². The average molecular weight is 243 g/mol. The molecule has 1 aromatic heterocycles. The summed E-state index contributed by atoms with van der Waals surface area (Å²) in [6.07, 6.45) is 4.92. The molecule has 0 atom stereocenters. The van der Waals surface area contributed by atoms with Gasteiger partial charge in [-0.3, -0.25) is 0 Å². The molecule has 0 spiro atoms. The summed E-state index contributed by atoms with van der Waals surface area (Å²) >= 11 is 0. The fraction of sp³-hybridized carbons (Fsp3) is 0.467. The molecule has 0 saturated carbocycles. The lowest BCUT2D eigenvalue weighted by atomic mass is 10.1. The maximum absolute atomic E-state index is 5.78. The maximum atomic E-state index is 5.78. The van der Waals surface area contributed by atoms with Crippen molar-refractivity contribution in [1.29, 1.82) is 0 Å². The van der Waals surface area contributed by atoms with Gasteiger partial charge in [-0.15, -0.1) is 0 Å². The fourth-order valence-electron chi connectivity index (χ4n) is 2.92. The normalized spacial score (nSPS) is 16.7. The van der Waals surface area contributed by atoms with Gasteiger partial charge < -0.3 is 15.2 Å². The van der Waals surface area contributed by atoms with Crippen molar-refractivity contribution in [2.24, 2.45) is 5.73 Å². The molecule has 2 N–H and O–H groups in total. The monoisotopic (exact) mass is 243 g/mol. The molecule has 1 saturated heterocycles. The lowest BCUT2D eigenvalue weighted by molar-refractivity contribution is 0.324. The van der Waals surface area contributed by atoms with Gasteiger partial charge in [-0.05, 0) is 43.6 Å². The number of fused-ring (bicyclic) bond motifs is 1. The van der Waals surface area contributed by atoms with Crippen LogP contribution in [0, 0.1) is 0 Å². The summed E-state index contributed by atoms with van der Waals surface area (Å²) in [5, 5.41) is 1.31. The van der Waals surface area contributed by atoms with E-state index in [4.69, 9.17) is 5.73 Å². The molecule has 3 rings (SSSR count). The first kappa shape index (κ1) is 11.8. The van der Waals surface area contributed by atoms with E-state index in [0.717, 1.165) is 13.1 Å². The largest absolute Gasteiger partial charge is 0.346 e. The van der Waals surface area contributed by atoms with E-state index in [1.807, 2.05) is 0 Å². The van der Waals surface area contributed by atoms with E-state index in [1.165, 1.54) is 42.4 Å². The van der Waals surface area contributed by atoms with E-state index in [-0.39, 0.29) is 0 Å². The molecule has 0 unspecified atom stereocenters. The van der Waals surface area contributed by atoms with Gasteiger partial charge in [0.25, 0.3) is 0 Å². The number of hydrogen-bond donors (Lipinski definition) is 1. The van der Waals surface area contributed by atoms with Crippen molar-refractivity contribution in [3.05, 3.63) is 36.0 Å². The Morgan fingerprint density at radius 2 is 1.89 bits per heavy atom. The molecule has 0 amide bonds. The number of nitrogens with zero attached hydrogens (tertiary/aromatic N) is 2. The number of rotatable bonds is 4. The minimum absolute atomic E-state index is 0.619. The van der Waals surface area contributed by atoms with E-state index in [9.17, 15) is 0 Å². The predicted octanol–water partition coefficient (Wildman–Crippen LogP) is 2.20. The van der Waals surface area contributed by atoms with Gasteiger partial charge in [0.2, 0.25) is 0 Å². The molecule has 3 nitrogen and oxygen atoms in total. The molecule has 0 bridgehead atoms. The predicted molar refractivity (Wildman–Crippen MR) is 75.5 cm³/mol. The van der Waals surface area contributed by atoms with Gasteiger partial charge >= 0.3 is 0 Å². The Labute approximate surface area is 108 Å². The minimum Gasteiger partial charge on any atom is -0.346 e. The number of aromatic nitrogens is 1. The van der Waals surface area contributed by atoms with Gasteiger partial charge in [0.1, 0.15) is 0 Å². The second kappa shape index (κ2) is 5.12. The molecule has 2 aromatic rings. The number of benzene rings is 1. The Kier molecular flexibility index (Phi) is 3.35. The van der Waals surface area contributed by atoms with E-state index >= 15 is 0 Å². The van der Waals surface area contributed by atoms with Crippen molar-refractivity contribution in [2.75, 3.05) is 19.6 Å². The van der Waals surface area contributed by atoms with E-state index in [1.54, 1.807) is 0 Å². The zero-order valence-electron chi connectivity index (χ0n) is 10.8. The van der Waals surface area contributed by atoms with Crippen LogP contribution in [0.25, 0.3) is 10.9 Å². The van der Waals surface area contributed by atoms with Crippen LogP contribution in [0.1, 0.15) is 18.4 Å². The van der Waals surface area contributed by atoms with Crippen molar-refractivity contribution < 1.29 is 0 Å². The molecule has 1 fully saturated rings. The van der Waals surface area contributed by atoms with Gasteiger partial charge in [0.05, 0.1) is 0 Å². The summed E-state index contributed by atoms with van der Waals surface area (Å²) < 4.78 is 2.35. The zero-order chi connectivity index (χ0) is 12.4. The van der Waals surface area contributed by atoms with E-state index in [2.05, 4.69) is 39.9 Å². The van der Waals surface area contributed by atoms with Gasteiger partial charge in [0, 0.05) is 36.7 Å². The minimum atomic E-state index is 0.619. The SMILES string of the molecule is NCc1cccc2c1ccn2CCN1CCCC1. The average Bonchev–Trinajstić information content (AvgIpc) is 3.05. The Hall–Kier alpha value is -1.32. The molecule has 2 heterocycles. The summed E-state index contributed by atoms with van der Waals surface area (Å²) in [5.74, 6) is 0. The molecule has 0 aliphatic carbocycles. The fourth-order valence-corrected chi connectivity index (χ4v) is 2.92. The van der Waals surface area contributed by atoms with Crippen molar-refractivity contribution in [3.63, 3.8) is 0 Å². The Bertz CT molecular complexity index is 524. The Morgan fingerprint density at radius 3 is 2.67 bits per heavy atom. The smallest absolute Gasteiger partial charge is 0.0483 e. The van der Waals surface area contributed by atoms with Crippen molar-refractivity contribution in [1.82, 2.24) is 9.47 Å². The molecule has 1 aliphatic rings. The molecular formula is C15H21N3. The third kappa shape index (κ3) is 2.16. The van der Waals surface area contributed by atoms with Crippen LogP contribution in [0.5, 0.6) is 0 Å². The highest BCUT2D eigenvalue weighted by Gasteiger charge is 2.11. The summed E-state index contributed by atoms with van der Waals surface area (Å²) in [6, 6.07) is 8.62. The number of likely N-dealkylation sites (tertiary alicyclic amines) is 1. The van der Waals surface area contributed by atoms with Crippen LogP contribution < -0.4 is 5.73 Å². The Balaban J connectivity index is 1.79. The molecule has 1 aromatic carbocycles. The third-order valence-electron chi connectivity index (χ3n) is 3.98. The molecule has 18 heavy (non-hydrogen) atoms. The van der Waals surface area contributed by atoms with Crippen LogP contribution in [0.2, 0.25) is 0 Å². The first-order chi connectivity index (χ1) is 8.88. The van der Waals surface area contributed by atoms with Gasteiger partial charge in [-0.25, -0.2) is 0 Å². The zero-order valence-corrected chi connectivity index (χ0v) is 10.8. The van der Waals surface area contributed by atoms with Crippen LogP contribution >= 0.6 is 0 Å². The molecule has 3 heteroatoms. The van der Waals surface area contributed by atoms with Crippen LogP contribution in [-0.4, -0.2) is 29.1 Å². The quantitative estimate of drug-likeness (QED) is 0.893. The van der Waals surface area contributed by atoms with Crippen molar-refractivity contribution >= 4 is 10.9 Å². The lowest BCUT2D eigenvalue weighted by Gasteiger charge is -2.15. The molecule has 0 radical (unpaired) electrons. The number of hydrogen-bond acceptors (Lipinski definition) is 2. The Morgan fingerprint density at radius 1 is 1.06 bits per heavy atom.